The van der Waals surface area contributed by atoms with Gasteiger partial charge in [0.25, 0.3) is 0 Å². The first kappa shape index (κ1) is 26.7. The second-order valence-electron chi connectivity index (χ2n) is 6.44. The van der Waals surface area contributed by atoms with Crippen LogP contribution in [0.2, 0.25) is 0 Å². The Morgan fingerprint density at radius 2 is 0.966 bits per heavy atom. The van der Waals surface area contributed by atoms with Crippen molar-refractivity contribution in [3.8, 4) is 0 Å². The van der Waals surface area contributed by atoms with Crippen molar-refractivity contribution in [3.63, 3.8) is 0 Å². The average Bonchev–Trinajstić information content (AvgIpc) is 2.66. The van der Waals surface area contributed by atoms with Gasteiger partial charge < -0.3 is 49.7 Å². The molecule has 0 rings (SSSR count). The molecule has 3 amide bonds. The van der Waals surface area contributed by atoms with E-state index in [9.17, 15) is 19.2 Å². The van der Waals surface area contributed by atoms with Crippen LogP contribution in [-0.2, 0) is 19.2 Å². The molecule has 0 aromatic rings. The first-order valence-electron chi connectivity index (χ1n) is 9.41. The van der Waals surface area contributed by atoms with Crippen LogP contribution in [0, 0.1) is 0 Å². The monoisotopic (exact) mass is 418 g/mol. The number of carboxylic acids is 1. The normalized spacial score (nSPS) is 14.9. The van der Waals surface area contributed by atoms with Crippen LogP contribution in [-0.4, -0.2) is 79.1 Å². The van der Waals surface area contributed by atoms with Crippen molar-refractivity contribution >= 4 is 23.7 Å². The highest BCUT2D eigenvalue weighted by molar-refractivity contribution is 5.94. The Morgan fingerprint density at radius 3 is 1.34 bits per heavy atom. The molecule has 0 aliphatic heterocycles. The van der Waals surface area contributed by atoms with Crippen molar-refractivity contribution in [1.29, 1.82) is 0 Å². The van der Waals surface area contributed by atoms with Gasteiger partial charge in [0.2, 0.25) is 17.7 Å². The van der Waals surface area contributed by atoms with Crippen LogP contribution in [0.4, 0.5) is 0 Å². The fourth-order valence-electron chi connectivity index (χ4n) is 2.43. The smallest absolute Gasteiger partial charge is 0.326 e. The lowest BCUT2D eigenvalue weighted by Crippen LogP contribution is -2.58. The van der Waals surface area contributed by atoms with Crippen molar-refractivity contribution in [2.75, 3.05) is 26.2 Å². The van der Waals surface area contributed by atoms with Gasteiger partial charge in [-0.15, -0.1) is 0 Å². The maximum absolute atomic E-state index is 12.6. The number of carbonyl (C=O) groups excluding carboxylic acids is 3. The van der Waals surface area contributed by atoms with Gasteiger partial charge >= 0.3 is 5.97 Å². The van der Waals surface area contributed by atoms with Crippen LogP contribution in [0.15, 0.2) is 0 Å². The van der Waals surface area contributed by atoms with E-state index in [0.29, 0.717) is 0 Å². The van der Waals surface area contributed by atoms with Crippen LogP contribution in [0.3, 0.4) is 0 Å². The number of carboxylic acid groups (broad SMARTS) is 1. The number of amides is 3. The van der Waals surface area contributed by atoms with Gasteiger partial charge in [0, 0.05) is 0 Å². The molecule has 0 spiro atoms. The summed E-state index contributed by atoms with van der Waals surface area (Å²) >= 11 is 0. The second kappa shape index (κ2) is 14.6. The van der Waals surface area contributed by atoms with Crippen LogP contribution < -0.4 is 44.6 Å². The fraction of sp³-hybridized carbons (Fsp3) is 0.750. The SMILES string of the molecule is NCC[C@H](NC(=O)[C@H](CCN)NC(=O)[C@H](CCN)NC(=O)[C@@H](N)CCN)C(=O)O. The topological polar surface area (TPSA) is 255 Å². The Hall–Kier alpha value is -2.32. The maximum atomic E-state index is 12.6. The van der Waals surface area contributed by atoms with Crippen LogP contribution in [0.25, 0.3) is 0 Å². The van der Waals surface area contributed by atoms with Crippen LogP contribution >= 0.6 is 0 Å². The molecule has 0 bridgehead atoms. The molecule has 13 heteroatoms. The van der Waals surface area contributed by atoms with Gasteiger partial charge in [0.15, 0.2) is 0 Å². The highest BCUT2D eigenvalue weighted by Gasteiger charge is 2.29. The van der Waals surface area contributed by atoms with E-state index >= 15 is 0 Å². The third kappa shape index (κ3) is 10.1. The van der Waals surface area contributed by atoms with Crippen molar-refractivity contribution in [1.82, 2.24) is 16.0 Å². The van der Waals surface area contributed by atoms with Crippen molar-refractivity contribution in [2.45, 2.75) is 49.9 Å². The van der Waals surface area contributed by atoms with E-state index in [-0.39, 0.29) is 51.9 Å². The summed E-state index contributed by atoms with van der Waals surface area (Å²) in [6, 6.07) is -4.20. The summed E-state index contributed by atoms with van der Waals surface area (Å²) in [5.74, 6) is -3.20. The first-order valence-corrected chi connectivity index (χ1v) is 9.41. The number of rotatable bonds is 15. The van der Waals surface area contributed by atoms with Gasteiger partial charge in [0.05, 0.1) is 6.04 Å². The summed E-state index contributed by atoms with van der Waals surface area (Å²) in [4.78, 5) is 48.3. The summed E-state index contributed by atoms with van der Waals surface area (Å²) in [6.07, 6.45) is 0.422. The van der Waals surface area contributed by atoms with Gasteiger partial charge in [0.1, 0.15) is 18.1 Å². The largest absolute Gasteiger partial charge is 0.480 e. The number of hydrogen-bond acceptors (Lipinski definition) is 9. The minimum atomic E-state index is -1.25. The molecule has 0 unspecified atom stereocenters. The number of aliphatic carboxylic acids is 1. The number of nitrogens with one attached hydrogen (secondary N) is 3. The number of carbonyl (C=O) groups is 4. The molecule has 0 heterocycles. The lowest BCUT2D eigenvalue weighted by Gasteiger charge is -2.24. The summed E-state index contributed by atoms with van der Waals surface area (Å²) in [6.45, 7) is 0.408. The molecule has 0 fully saturated rings. The van der Waals surface area contributed by atoms with E-state index in [1.807, 2.05) is 0 Å². The third-order valence-electron chi connectivity index (χ3n) is 4.06. The minimum absolute atomic E-state index is 0.0231. The second-order valence-corrected chi connectivity index (χ2v) is 6.44. The van der Waals surface area contributed by atoms with Gasteiger partial charge in [-0.25, -0.2) is 4.79 Å². The Bertz CT molecular complexity index is 547. The molecule has 0 aromatic carbocycles. The molecule has 0 aliphatic rings. The molecular formula is C16H34N8O5. The Kier molecular flexibility index (Phi) is 13.5. The molecule has 13 nitrogen and oxygen atoms in total. The zero-order valence-corrected chi connectivity index (χ0v) is 16.4. The molecule has 0 radical (unpaired) electrons. The molecular weight excluding hydrogens is 384 g/mol. The Morgan fingerprint density at radius 1 is 0.621 bits per heavy atom. The standard InChI is InChI=1S/C16H34N8O5/c17-5-1-9(21)13(25)22-10(2-6-18)14(26)23-11(3-7-19)15(27)24-12(4-8-20)16(28)29/h9-12H,1-8,17-21H2,(H,22,25)(H,23,26)(H,24,27)(H,28,29)/t9-,10-,11-,12-/m0/s1. The molecule has 0 aliphatic carbocycles. The lowest BCUT2D eigenvalue weighted by molar-refractivity contribution is -0.142. The average molecular weight is 418 g/mol. The van der Waals surface area contributed by atoms with Crippen molar-refractivity contribution in [3.05, 3.63) is 0 Å². The highest BCUT2D eigenvalue weighted by atomic mass is 16.4. The Balaban J connectivity index is 5.14. The van der Waals surface area contributed by atoms with Crippen molar-refractivity contribution < 1.29 is 24.3 Å². The fourth-order valence-corrected chi connectivity index (χ4v) is 2.43. The van der Waals surface area contributed by atoms with Crippen LogP contribution in [0.1, 0.15) is 25.7 Å². The van der Waals surface area contributed by atoms with E-state index in [0.717, 1.165) is 0 Å². The molecule has 4 atom stereocenters. The zero-order valence-electron chi connectivity index (χ0n) is 16.4. The van der Waals surface area contributed by atoms with Gasteiger partial charge in [-0.05, 0) is 51.9 Å². The predicted octanol–water partition coefficient (Wildman–Crippen LogP) is -4.75. The predicted molar refractivity (Wildman–Crippen MR) is 106 cm³/mol. The van der Waals surface area contributed by atoms with Gasteiger partial charge in [-0.2, -0.15) is 0 Å². The molecule has 168 valence electrons. The molecule has 0 saturated carbocycles. The highest BCUT2D eigenvalue weighted by Crippen LogP contribution is 2.00. The van der Waals surface area contributed by atoms with Gasteiger partial charge in [-0.3, -0.25) is 14.4 Å². The van der Waals surface area contributed by atoms with E-state index in [1.165, 1.54) is 0 Å². The number of hydrogen-bond donors (Lipinski definition) is 9. The quantitative estimate of drug-likeness (QED) is 0.123. The third-order valence-corrected chi connectivity index (χ3v) is 4.06. The van der Waals surface area contributed by atoms with Gasteiger partial charge in [-0.1, -0.05) is 0 Å². The lowest BCUT2D eigenvalue weighted by atomic mass is 10.1. The van der Waals surface area contributed by atoms with E-state index in [4.69, 9.17) is 33.8 Å². The summed E-state index contributed by atoms with van der Waals surface area (Å²) in [7, 11) is 0. The summed E-state index contributed by atoms with van der Waals surface area (Å²) in [5, 5.41) is 16.4. The minimum Gasteiger partial charge on any atom is -0.480 e. The van der Waals surface area contributed by atoms with Crippen molar-refractivity contribution in [2.24, 2.45) is 28.7 Å². The van der Waals surface area contributed by atoms with E-state index in [1.54, 1.807) is 0 Å². The molecule has 29 heavy (non-hydrogen) atoms. The van der Waals surface area contributed by atoms with Crippen LogP contribution in [0.5, 0.6) is 0 Å². The summed E-state index contributed by atoms with van der Waals surface area (Å²) < 4.78 is 0. The summed E-state index contributed by atoms with van der Waals surface area (Å²) in [5.41, 5.74) is 27.4. The maximum Gasteiger partial charge on any atom is 0.326 e. The van der Waals surface area contributed by atoms with E-state index < -0.39 is 47.9 Å². The van der Waals surface area contributed by atoms with E-state index in [2.05, 4.69) is 16.0 Å². The zero-order chi connectivity index (χ0) is 22.4. The Labute approximate surface area is 169 Å². The molecule has 14 N–H and O–H groups in total. The molecule has 0 aromatic heterocycles. The molecule has 0 saturated heterocycles. The number of nitrogens with two attached hydrogens (primary N) is 5. The first-order chi connectivity index (χ1) is 13.7.